The minimum absolute atomic E-state index is 0.186. The van der Waals surface area contributed by atoms with Crippen LogP contribution in [-0.2, 0) is 9.63 Å². The van der Waals surface area contributed by atoms with Crippen LogP contribution >= 0.6 is 0 Å². The maximum atomic E-state index is 11.1. The fraction of sp³-hybridized carbons (Fsp3) is 0.571. The van der Waals surface area contributed by atoms with Gasteiger partial charge in [-0.05, 0) is 13.8 Å². The van der Waals surface area contributed by atoms with Crippen molar-refractivity contribution in [2.75, 3.05) is 14.2 Å². The molecule has 0 rings (SSSR count). The first-order chi connectivity index (χ1) is 5.13. The summed E-state index contributed by atoms with van der Waals surface area (Å²) in [5, 5.41) is 3.48. The number of aliphatic imine (C=N–C) groups is 1. The van der Waals surface area contributed by atoms with E-state index in [2.05, 4.69) is 15.0 Å². The molecule has 0 atom stereocenters. The molecule has 0 N–H and O–H groups in total. The molecule has 0 fully saturated rings. The zero-order valence-corrected chi connectivity index (χ0v) is 7.21. The molecule has 0 radical (unpaired) electrons. The van der Waals surface area contributed by atoms with E-state index in [1.54, 1.807) is 20.9 Å². The number of rotatable bonds is 3. The van der Waals surface area contributed by atoms with Crippen molar-refractivity contribution in [1.82, 2.24) is 0 Å². The first-order valence-corrected chi connectivity index (χ1v) is 3.19. The molecule has 0 heterocycles. The SMILES string of the molecule is CN=C(C)C(=O)/C(C)=N\OC. The summed E-state index contributed by atoms with van der Waals surface area (Å²) < 4.78 is 0. The first-order valence-electron chi connectivity index (χ1n) is 3.19. The lowest BCUT2D eigenvalue weighted by molar-refractivity contribution is -0.107. The van der Waals surface area contributed by atoms with Gasteiger partial charge in [0.15, 0.2) is 0 Å². The molecule has 0 aromatic heterocycles. The van der Waals surface area contributed by atoms with Crippen molar-refractivity contribution in [3.8, 4) is 0 Å². The third-order valence-electron chi connectivity index (χ3n) is 1.22. The number of oxime groups is 1. The summed E-state index contributed by atoms with van der Waals surface area (Å²) in [6.45, 7) is 3.22. The number of hydrogen-bond donors (Lipinski definition) is 0. The summed E-state index contributed by atoms with van der Waals surface area (Å²) >= 11 is 0. The summed E-state index contributed by atoms with van der Waals surface area (Å²) in [5.41, 5.74) is 0.749. The Kier molecular flexibility index (Phi) is 4.10. The molecule has 0 aromatic rings. The Labute approximate surface area is 65.9 Å². The molecule has 11 heavy (non-hydrogen) atoms. The molecule has 0 saturated heterocycles. The van der Waals surface area contributed by atoms with E-state index in [0.717, 1.165) is 0 Å². The van der Waals surface area contributed by atoms with Crippen LogP contribution in [0.3, 0.4) is 0 Å². The molecular formula is C7H12N2O2. The highest BCUT2D eigenvalue weighted by molar-refractivity contribution is 6.65. The lowest BCUT2D eigenvalue weighted by atomic mass is 10.2. The molecule has 0 aliphatic carbocycles. The molecule has 0 amide bonds. The number of nitrogens with zero attached hydrogens (tertiary/aromatic N) is 2. The van der Waals surface area contributed by atoms with E-state index in [4.69, 9.17) is 0 Å². The fourth-order valence-corrected chi connectivity index (χ4v) is 0.542. The van der Waals surface area contributed by atoms with E-state index in [1.807, 2.05) is 0 Å². The standard InChI is InChI=1S/C7H12N2O2/c1-5(8-3)7(10)6(2)9-11-4/h1-4H3/b8-5?,9-6-. The van der Waals surface area contributed by atoms with Crippen LogP contribution in [0.1, 0.15) is 13.8 Å². The van der Waals surface area contributed by atoms with E-state index < -0.39 is 0 Å². The van der Waals surface area contributed by atoms with E-state index in [-0.39, 0.29) is 5.78 Å². The van der Waals surface area contributed by atoms with Crippen LogP contribution < -0.4 is 0 Å². The molecule has 0 aliphatic heterocycles. The fourth-order valence-electron chi connectivity index (χ4n) is 0.542. The molecule has 0 unspecified atom stereocenters. The molecule has 62 valence electrons. The molecule has 0 saturated carbocycles. The predicted molar refractivity (Wildman–Crippen MR) is 44.2 cm³/mol. The summed E-state index contributed by atoms with van der Waals surface area (Å²) in [4.78, 5) is 19.3. The third kappa shape index (κ3) is 2.93. The largest absolute Gasteiger partial charge is 0.399 e. The molecule has 0 bridgehead atoms. The van der Waals surface area contributed by atoms with Gasteiger partial charge in [0, 0.05) is 7.05 Å². The number of carbonyl (C=O) groups is 1. The van der Waals surface area contributed by atoms with Gasteiger partial charge in [0.2, 0.25) is 5.78 Å². The second kappa shape index (κ2) is 4.60. The van der Waals surface area contributed by atoms with Gasteiger partial charge in [-0.15, -0.1) is 0 Å². The average molecular weight is 156 g/mol. The Morgan fingerprint density at radius 2 is 1.82 bits per heavy atom. The van der Waals surface area contributed by atoms with Crippen LogP contribution in [0.4, 0.5) is 0 Å². The van der Waals surface area contributed by atoms with Crippen LogP contribution in [-0.4, -0.2) is 31.4 Å². The van der Waals surface area contributed by atoms with Crippen LogP contribution in [0, 0.1) is 0 Å². The second-order valence-corrected chi connectivity index (χ2v) is 2.00. The van der Waals surface area contributed by atoms with E-state index >= 15 is 0 Å². The maximum Gasteiger partial charge on any atom is 0.223 e. The normalized spacial score (nSPS) is 13.1. The van der Waals surface area contributed by atoms with Gasteiger partial charge in [0.1, 0.15) is 12.8 Å². The third-order valence-corrected chi connectivity index (χ3v) is 1.22. The van der Waals surface area contributed by atoms with Crippen LogP contribution in [0.5, 0.6) is 0 Å². The van der Waals surface area contributed by atoms with Gasteiger partial charge in [-0.25, -0.2) is 0 Å². The minimum atomic E-state index is -0.186. The molecule has 0 aliphatic rings. The minimum Gasteiger partial charge on any atom is -0.399 e. The van der Waals surface area contributed by atoms with Crippen molar-refractivity contribution >= 4 is 17.2 Å². The Morgan fingerprint density at radius 3 is 2.18 bits per heavy atom. The first kappa shape index (κ1) is 9.81. The topological polar surface area (TPSA) is 51.0 Å². The smallest absolute Gasteiger partial charge is 0.223 e. The number of hydrogen-bond acceptors (Lipinski definition) is 4. The zero-order chi connectivity index (χ0) is 8.85. The van der Waals surface area contributed by atoms with E-state index in [0.29, 0.717) is 11.4 Å². The van der Waals surface area contributed by atoms with Crippen molar-refractivity contribution in [3.05, 3.63) is 0 Å². The highest BCUT2D eigenvalue weighted by Crippen LogP contribution is 1.85. The van der Waals surface area contributed by atoms with E-state index in [1.165, 1.54) is 7.11 Å². The summed E-state index contributed by atoms with van der Waals surface area (Å²) in [7, 11) is 2.96. The average Bonchev–Trinajstić information content (AvgIpc) is 2.02. The highest BCUT2D eigenvalue weighted by Gasteiger charge is 2.08. The summed E-state index contributed by atoms with van der Waals surface area (Å²) in [5.74, 6) is -0.186. The Bertz CT molecular complexity index is 206. The van der Waals surface area contributed by atoms with Crippen LogP contribution in [0.2, 0.25) is 0 Å². The number of Topliss-reactive ketones (excluding diaryl/α,β-unsaturated/α-hetero) is 1. The number of carbonyl (C=O) groups excluding carboxylic acids is 1. The van der Waals surface area contributed by atoms with Crippen molar-refractivity contribution in [2.24, 2.45) is 10.1 Å². The zero-order valence-electron chi connectivity index (χ0n) is 7.21. The Balaban J connectivity index is 4.38. The van der Waals surface area contributed by atoms with E-state index in [9.17, 15) is 4.79 Å². The van der Waals surface area contributed by atoms with Crippen LogP contribution in [0.25, 0.3) is 0 Å². The lowest BCUT2D eigenvalue weighted by Gasteiger charge is -1.96. The predicted octanol–water partition coefficient (Wildman–Crippen LogP) is 0.668. The van der Waals surface area contributed by atoms with Crippen molar-refractivity contribution < 1.29 is 9.63 Å². The molecule has 0 aromatic carbocycles. The second-order valence-electron chi connectivity index (χ2n) is 2.00. The van der Waals surface area contributed by atoms with Gasteiger partial charge >= 0.3 is 0 Å². The summed E-state index contributed by atoms with van der Waals surface area (Å²) in [6, 6.07) is 0. The van der Waals surface area contributed by atoms with Gasteiger partial charge in [-0.1, -0.05) is 5.16 Å². The summed E-state index contributed by atoms with van der Waals surface area (Å²) in [6.07, 6.45) is 0. The number of ketones is 1. The van der Waals surface area contributed by atoms with Crippen LogP contribution in [0.15, 0.2) is 10.1 Å². The van der Waals surface area contributed by atoms with Gasteiger partial charge in [-0.3, -0.25) is 9.79 Å². The van der Waals surface area contributed by atoms with Crippen molar-refractivity contribution in [2.45, 2.75) is 13.8 Å². The Hall–Kier alpha value is -1.19. The lowest BCUT2D eigenvalue weighted by Crippen LogP contribution is -2.19. The van der Waals surface area contributed by atoms with Gasteiger partial charge in [-0.2, -0.15) is 0 Å². The molecular weight excluding hydrogens is 144 g/mol. The van der Waals surface area contributed by atoms with Gasteiger partial charge in [0.05, 0.1) is 5.71 Å². The van der Waals surface area contributed by atoms with Gasteiger partial charge in [0.25, 0.3) is 0 Å². The monoisotopic (exact) mass is 156 g/mol. The molecule has 0 spiro atoms. The van der Waals surface area contributed by atoms with Crippen molar-refractivity contribution in [3.63, 3.8) is 0 Å². The maximum absolute atomic E-state index is 11.1. The van der Waals surface area contributed by atoms with Gasteiger partial charge < -0.3 is 4.84 Å². The molecule has 4 heteroatoms. The van der Waals surface area contributed by atoms with Crippen molar-refractivity contribution in [1.29, 1.82) is 0 Å². The molecule has 4 nitrogen and oxygen atoms in total. The quantitative estimate of drug-likeness (QED) is 0.445. The Morgan fingerprint density at radius 1 is 1.27 bits per heavy atom. The highest BCUT2D eigenvalue weighted by atomic mass is 16.6.